The fourth-order valence-electron chi connectivity index (χ4n) is 2.95. The zero-order valence-corrected chi connectivity index (χ0v) is 14.0. The molecule has 1 unspecified atom stereocenters. The summed E-state index contributed by atoms with van der Waals surface area (Å²) in [5.41, 5.74) is -0.398. The number of piperidine rings is 1. The van der Waals surface area contributed by atoms with E-state index in [1.54, 1.807) is 0 Å². The molecule has 1 atom stereocenters. The summed E-state index contributed by atoms with van der Waals surface area (Å²) in [4.78, 5) is 14.0. The molecule has 2 rings (SSSR count). The molecule has 0 bridgehead atoms. The van der Waals surface area contributed by atoms with Gasteiger partial charge in [-0.1, -0.05) is 12.8 Å². The summed E-state index contributed by atoms with van der Waals surface area (Å²) in [6.45, 7) is 9.61. The Labute approximate surface area is 129 Å². The number of hydrogen-bond acceptors (Lipinski definition) is 3. The minimum absolute atomic E-state index is 0.152. The molecule has 122 valence electrons. The Morgan fingerprint density at radius 2 is 2.00 bits per heavy atom. The van der Waals surface area contributed by atoms with Gasteiger partial charge in [0.25, 0.3) is 0 Å². The van der Waals surface area contributed by atoms with E-state index in [2.05, 4.69) is 5.32 Å². The van der Waals surface area contributed by atoms with Gasteiger partial charge in [-0.3, -0.25) is 0 Å². The average molecular weight is 296 g/mol. The first kappa shape index (κ1) is 16.6. The molecule has 0 aromatic carbocycles. The number of nitrogens with zero attached hydrogens (tertiary/aromatic N) is 1. The van der Waals surface area contributed by atoms with Crippen LogP contribution in [0.4, 0.5) is 4.79 Å². The third kappa shape index (κ3) is 6.68. The van der Waals surface area contributed by atoms with E-state index in [9.17, 15) is 4.79 Å². The highest BCUT2D eigenvalue weighted by Crippen LogP contribution is 2.33. The minimum atomic E-state index is -0.398. The Morgan fingerprint density at radius 3 is 2.67 bits per heavy atom. The van der Waals surface area contributed by atoms with Crippen LogP contribution in [-0.4, -0.2) is 42.8 Å². The van der Waals surface area contributed by atoms with Gasteiger partial charge in [0.15, 0.2) is 0 Å². The average Bonchev–Trinajstić information content (AvgIpc) is 3.21. The first-order chi connectivity index (χ1) is 9.94. The van der Waals surface area contributed by atoms with E-state index < -0.39 is 5.60 Å². The van der Waals surface area contributed by atoms with Crippen LogP contribution in [0.2, 0.25) is 0 Å². The van der Waals surface area contributed by atoms with Gasteiger partial charge in [0.05, 0.1) is 0 Å². The summed E-state index contributed by atoms with van der Waals surface area (Å²) >= 11 is 0. The third-order valence-corrected chi connectivity index (χ3v) is 4.27. The Balaban J connectivity index is 1.61. The van der Waals surface area contributed by atoms with E-state index in [-0.39, 0.29) is 6.09 Å². The molecule has 1 heterocycles. The molecule has 0 aromatic heterocycles. The van der Waals surface area contributed by atoms with Crippen molar-refractivity contribution in [3.8, 4) is 0 Å². The lowest BCUT2D eigenvalue weighted by molar-refractivity contribution is 0.0166. The number of nitrogens with one attached hydrogen (secondary N) is 1. The third-order valence-electron chi connectivity index (χ3n) is 4.27. The fourth-order valence-corrected chi connectivity index (χ4v) is 2.95. The summed E-state index contributed by atoms with van der Waals surface area (Å²) in [6.07, 6.45) is 7.75. The molecule has 0 spiro atoms. The zero-order valence-electron chi connectivity index (χ0n) is 14.0. The molecule has 2 aliphatic rings. The van der Waals surface area contributed by atoms with E-state index in [0.29, 0.717) is 5.92 Å². The van der Waals surface area contributed by atoms with Crippen molar-refractivity contribution in [3.05, 3.63) is 0 Å². The van der Waals surface area contributed by atoms with Gasteiger partial charge in [-0.2, -0.15) is 0 Å². The SMILES string of the molecule is CC(C)(C)OC(=O)N1CCCC(CNCCCC2CC2)C1. The number of carbonyl (C=O) groups excluding carboxylic acids is 1. The molecule has 0 radical (unpaired) electrons. The number of hydrogen-bond donors (Lipinski definition) is 1. The predicted molar refractivity (Wildman–Crippen MR) is 85.4 cm³/mol. The summed E-state index contributed by atoms with van der Waals surface area (Å²) < 4.78 is 5.47. The molecule has 1 amide bonds. The van der Waals surface area contributed by atoms with Crippen LogP contribution in [-0.2, 0) is 4.74 Å². The highest BCUT2D eigenvalue weighted by atomic mass is 16.6. The smallest absolute Gasteiger partial charge is 0.410 e. The van der Waals surface area contributed by atoms with E-state index in [0.717, 1.165) is 38.5 Å². The van der Waals surface area contributed by atoms with E-state index in [1.165, 1.54) is 32.1 Å². The molecule has 1 saturated heterocycles. The number of likely N-dealkylation sites (tertiary alicyclic amines) is 1. The molecule has 4 heteroatoms. The van der Waals surface area contributed by atoms with Crippen molar-refractivity contribution in [3.63, 3.8) is 0 Å². The van der Waals surface area contributed by atoms with Crippen LogP contribution in [0.3, 0.4) is 0 Å². The molecule has 1 aliphatic carbocycles. The van der Waals surface area contributed by atoms with Gasteiger partial charge in [-0.05, 0) is 71.4 Å². The van der Waals surface area contributed by atoms with Gasteiger partial charge in [0, 0.05) is 13.1 Å². The van der Waals surface area contributed by atoms with Crippen molar-refractivity contribution < 1.29 is 9.53 Å². The Hall–Kier alpha value is -0.770. The van der Waals surface area contributed by atoms with Crippen LogP contribution in [0.15, 0.2) is 0 Å². The molecule has 2 fully saturated rings. The van der Waals surface area contributed by atoms with E-state index in [4.69, 9.17) is 4.74 Å². The maximum atomic E-state index is 12.1. The number of amides is 1. The summed E-state index contributed by atoms with van der Waals surface area (Å²) in [5, 5.41) is 3.57. The lowest BCUT2D eigenvalue weighted by Crippen LogP contribution is -2.45. The second-order valence-electron chi connectivity index (χ2n) is 7.72. The second-order valence-corrected chi connectivity index (χ2v) is 7.72. The molecule has 1 saturated carbocycles. The lowest BCUT2D eigenvalue weighted by atomic mass is 9.98. The topological polar surface area (TPSA) is 41.6 Å². The van der Waals surface area contributed by atoms with Crippen molar-refractivity contribution in [2.45, 2.75) is 64.9 Å². The van der Waals surface area contributed by atoms with Crippen molar-refractivity contribution in [2.24, 2.45) is 11.8 Å². The largest absolute Gasteiger partial charge is 0.444 e. The maximum Gasteiger partial charge on any atom is 0.410 e. The van der Waals surface area contributed by atoms with Crippen LogP contribution in [0.25, 0.3) is 0 Å². The first-order valence-electron chi connectivity index (χ1n) is 8.63. The molecule has 1 N–H and O–H groups in total. The molecule has 4 nitrogen and oxygen atoms in total. The maximum absolute atomic E-state index is 12.1. The summed E-state index contributed by atoms with van der Waals surface area (Å²) in [6, 6.07) is 0. The number of ether oxygens (including phenoxy) is 1. The van der Waals surface area contributed by atoms with Crippen LogP contribution < -0.4 is 5.32 Å². The summed E-state index contributed by atoms with van der Waals surface area (Å²) in [5.74, 6) is 1.61. The van der Waals surface area contributed by atoms with Gasteiger partial charge in [-0.25, -0.2) is 4.79 Å². The molecule has 0 aromatic rings. The quantitative estimate of drug-likeness (QED) is 0.764. The fraction of sp³-hybridized carbons (Fsp3) is 0.941. The highest BCUT2D eigenvalue weighted by Gasteiger charge is 2.27. The normalized spacial score (nSPS) is 23.2. The Bertz CT molecular complexity index is 334. The van der Waals surface area contributed by atoms with Crippen molar-refractivity contribution in [1.82, 2.24) is 10.2 Å². The van der Waals surface area contributed by atoms with Gasteiger partial charge in [0.1, 0.15) is 5.60 Å². The lowest BCUT2D eigenvalue weighted by Gasteiger charge is -2.34. The van der Waals surface area contributed by atoms with Crippen LogP contribution >= 0.6 is 0 Å². The number of carbonyl (C=O) groups is 1. The van der Waals surface area contributed by atoms with Crippen LogP contribution in [0.5, 0.6) is 0 Å². The van der Waals surface area contributed by atoms with Crippen molar-refractivity contribution in [1.29, 1.82) is 0 Å². The first-order valence-corrected chi connectivity index (χ1v) is 8.63. The predicted octanol–water partition coefficient (Wildman–Crippen LogP) is 3.41. The van der Waals surface area contributed by atoms with Gasteiger partial charge in [0.2, 0.25) is 0 Å². The highest BCUT2D eigenvalue weighted by molar-refractivity contribution is 5.68. The van der Waals surface area contributed by atoms with Crippen molar-refractivity contribution in [2.75, 3.05) is 26.2 Å². The molecule has 1 aliphatic heterocycles. The van der Waals surface area contributed by atoms with E-state index in [1.807, 2.05) is 25.7 Å². The van der Waals surface area contributed by atoms with Gasteiger partial charge >= 0.3 is 6.09 Å². The molecule has 21 heavy (non-hydrogen) atoms. The molecular weight excluding hydrogens is 264 g/mol. The standard InChI is InChI=1S/C17H32N2O2/c1-17(2,3)21-16(20)19-11-5-7-15(13-19)12-18-10-4-6-14-8-9-14/h14-15,18H,4-13H2,1-3H3. The van der Waals surface area contributed by atoms with E-state index >= 15 is 0 Å². The second kappa shape index (κ2) is 7.48. The minimum Gasteiger partial charge on any atom is -0.444 e. The zero-order chi connectivity index (χ0) is 15.3. The van der Waals surface area contributed by atoms with Crippen LogP contribution in [0.1, 0.15) is 59.3 Å². The summed E-state index contributed by atoms with van der Waals surface area (Å²) in [7, 11) is 0. The van der Waals surface area contributed by atoms with Gasteiger partial charge < -0.3 is 15.0 Å². The Kier molecular flexibility index (Phi) is 5.91. The molecular formula is C17H32N2O2. The number of rotatable bonds is 6. The van der Waals surface area contributed by atoms with Gasteiger partial charge in [-0.15, -0.1) is 0 Å². The van der Waals surface area contributed by atoms with Crippen molar-refractivity contribution >= 4 is 6.09 Å². The van der Waals surface area contributed by atoms with Crippen LogP contribution in [0, 0.1) is 11.8 Å². The monoisotopic (exact) mass is 296 g/mol. The Morgan fingerprint density at radius 1 is 1.24 bits per heavy atom.